The Kier molecular flexibility index (Phi) is 6.45. The second kappa shape index (κ2) is 7.34. The van der Waals surface area contributed by atoms with E-state index in [1.165, 1.54) is 25.7 Å². The summed E-state index contributed by atoms with van der Waals surface area (Å²) in [5.41, 5.74) is 0.309. The SMILES string of the molecule is CCCOCC(NCC)C1(N(C)C)CCCC1. The minimum atomic E-state index is 0.309. The fourth-order valence-corrected chi connectivity index (χ4v) is 3.09. The van der Waals surface area contributed by atoms with Crippen LogP contribution in [0.4, 0.5) is 0 Å². The van der Waals surface area contributed by atoms with Crippen molar-refractivity contribution < 1.29 is 4.74 Å². The number of likely N-dealkylation sites (N-methyl/N-ethyl adjacent to an activating group) is 2. The first-order chi connectivity index (χ1) is 8.17. The Morgan fingerprint density at radius 1 is 1.24 bits per heavy atom. The minimum Gasteiger partial charge on any atom is -0.380 e. The zero-order valence-electron chi connectivity index (χ0n) is 12.1. The van der Waals surface area contributed by atoms with E-state index >= 15 is 0 Å². The predicted octanol–water partition coefficient (Wildman–Crippen LogP) is 2.27. The molecule has 1 unspecified atom stereocenters. The van der Waals surface area contributed by atoms with Crippen LogP contribution < -0.4 is 5.32 Å². The molecule has 0 bridgehead atoms. The molecule has 0 aromatic rings. The lowest BCUT2D eigenvalue weighted by Crippen LogP contribution is -2.59. The average molecular weight is 242 g/mol. The summed E-state index contributed by atoms with van der Waals surface area (Å²) < 4.78 is 5.80. The third kappa shape index (κ3) is 3.67. The quantitative estimate of drug-likeness (QED) is 0.661. The number of nitrogens with zero attached hydrogens (tertiary/aromatic N) is 1. The van der Waals surface area contributed by atoms with E-state index in [0.717, 1.165) is 26.2 Å². The molecule has 1 fully saturated rings. The van der Waals surface area contributed by atoms with E-state index in [1.54, 1.807) is 0 Å². The van der Waals surface area contributed by atoms with Gasteiger partial charge in [0.1, 0.15) is 0 Å². The molecular formula is C14H30N2O. The molecule has 1 N–H and O–H groups in total. The Hall–Kier alpha value is -0.120. The van der Waals surface area contributed by atoms with Crippen molar-refractivity contribution in [3.8, 4) is 0 Å². The van der Waals surface area contributed by atoms with Crippen molar-refractivity contribution in [2.45, 2.75) is 57.5 Å². The van der Waals surface area contributed by atoms with Gasteiger partial charge in [-0.3, -0.25) is 0 Å². The van der Waals surface area contributed by atoms with Crippen LogP contribution in [-0.4, -0.2) is 50.3 Å². The lowest BCUT2D eigenvalue weighted by atomic mass is 9.87. The fourth-order valence-electron chi connectivity index (χ4n) is 3.09. The molecule has 0 amide bonds. The molecule has 1 aliphatic carbocycles. The summed E-state index contributed by atoms with van der Waals surface area (Å²) in [5, 5.41) is 3.64. The first-order valence-corrected chi connectivity index (χ1v) is 7.16. The first kappa shape index (κ1) is 14.9. The van der Waals surface area contributed by atoms with E-state index in [1.807, 2.05) is 0 Å². The van der Waals surface area contributed by atoms with E-state index in [0.29, 0.717) is 11.6 Å². The monoisotopic (exact) mass is 242 g/mol. The Balaban J connectivity index is 2.64. The van der Waals surface area contributed by atoms with Gasteiger partial charge in [-0.25, -0.2) is 0 Å². The van der Waals surface area contributed by atoms with Crippen LogP contribution in [0.25, 0.3) is 0 Å². The van der Waals surface area contributed by atoms with Crippen LogP contribution in [-0.2, 0) is 4.74 Å². The third-order valence-corrected chi connectivity index (χ3v) is 4.09. The first-order valence-electron chi connectivity index (χ1n) is 7.16. The van der Waals surface area contributed by atoms with Crippen molar-refractivity contribution in [1.82, 2.24) is 10.2 Å². The van der Waals surface area contributed by atoms with Gasteiger partial charge in [0.05, 0.1) is 6.61 Å². The summed E-state index contributed by atoms with van der Waals surface area (Å²) >= 11 is 0. The highest BCUT2D eigenvalue weighted by Crippen LogP contribution is 2.36. The van der Waals surface area contributed by atoms with Gasteiger partial charge in [-0.05, 0) is 39.9 Å². The van der Waals surface area contributed by atoms with Crippen LogP contribution >= 0.6 is 0 Å². The highest BCUT2D eigenvalue weighted by molar-refractivity contribution is 5.01. The molecule has 0 radical (unpaired) electrons. The summed E-state index contributed by atoms with van der Waals surface area (Å²) in [6.07, 6.45) is 6.41. The van der Waals surface area contributed by atoms with Crippen LogP contribution in [0.5, 0.6) is 0 Å². The highest BCUT2D eigenvalue weighted by Gasteiger charge is 2.42. The molecule has 0 aromatic heterocycles. The zero-order valence-corrected chi connectivity index (χ0v) is 12.1. The van der Waals surface area contributed by atoms with Crippen molar-refractivity contribution in [3.63, 3.8) is 0 Å². The van der Waals surface area contributed by atoms with Gasteiger partial charge in [-0.1, -0.05) is 26.7 Å². The second-order valence-electron chi connectivity index (χ2n) is 5.39. The van der Waals surface area contributed by atoms with Crippen molar-refractivity contribution in [1.29, 1.82) is 0 Å². The van der Waals surface area contributed by atoms with Gasteiger partial charge < -0.3 is 15.0 Å². The summed E-state index contributed by atoms with van der Waals surface area (Å²) in [5.74, 6) is 0. The molecule has 0 aliphatic heterocycles. The smallest absolute Gasteiger partial charge is 0.0637 e. The van der Waals surface area contributed by atoms with E-state index in [9.17, 15) is 0 Å². The largest absolute Gasteiger partial charge is 0.380 e. The minimum absolute atomic E-state index is 0.309. The maximum atomic E-state index is 5.80. The van der Waals surface area contributed by atoms with Crippen molar-refractivity contribution in [2.75, 3.05) is 33.9 Å². The van der Waals surface area contributed by atoms with Crippen LogP contribution in [0, 0.1) is 0 Å². The van der Waals surface area contributed by atoms with Crippen LogP contribution in [0.15, 0.2) is 0 Å². The number of hydrogen-bond acceptors (Lipinski definition) is 3. The molecule has 3 nitrogen and oxygen atoms in total. The van der Waals surface area contributed by atoms with Crippen LogP contribution in [0.2, 0.25) is 0 Å². The average Bonchev–Trinajstić information content (AvgIpc) is 2.78. The Morgan fingerprint density at radius 3 is 2.35 bits per heavy atom. The number of hydrogen-bond donors (Lipinski definition) is 1. The van der Waals surface area contributed by atoms with Crippen LogP contribution in [0.1, 0.15) is 46.0 Å². The van der Waals surface area contributed by atoms with Crippen molar-refractivity contribution >= 4 is 0 Å². The van der Waals surface area contributed by atoms with Gasteiger partial charge in [0, 0.05) is 18.2 Å². The molecule has 0 heterocycles. The second-order valence-corrected chi connectivity index (χ2v) is 5.39. The lowest BCUT2D eigenvalue weighted by Gasteiger charge is -2.43. The maximum absolute atomic E-state index is 5.80. The van der Waals surface area contributed by atoms with Crippen LogP contribution in [0.3, 0.4) is 0 Å². The van der Waals surface area contributed by atoms with Gasteiger partial charge in [-0.15, -0.1) is 0 Å². The molecular weight excluding hydrogens is 212 g/mol. The molecule has 17 heavy (non-hydrogen) atoms. The number of ether oxygens (including phenoxy) is 1. The summed E-state index contributed by atoms with van der Waals surface area (Å²) in [4.78, 5) is 2.42. The molecule has 102 valence electrons. The lowest BCUT2D eigenvalue weighted by molar-refractivity contribution is 0.0335. The normalized spacial score (nSPS) is 21.0. The summed E-state index contributed by atoms with van der Waals surface area (Å²) in [6.45, 7) is 7.10. The molecule has 1 aliphatic rings. The van der Waals surface area contributed by atoms with E-state index in [-0.39, 0.29) is 0 Å². The van der Waals surface area contributed by atoms with Crippen molar-refractivity contribution in [2.24, 2.45) is 0 Å². The standard InChI is InChI=1S/C14H30N2O/c1-5-11-17-12-13(15-6-2)14(16(3)4)9-7-8-10-14/h13,15H,5-12H2,1-4H3. The molecule has 1 saturated carbocycles. The molecule has 0 spiro atoms. The number of nitrogens with one attached hydrogen (secondary N) is 1. The Labute approximate surface area is 107 Å². The van der Waals surface area contributed by atoms with E-state index in [4.69, 9.17) is 4.74 Å². The van der Waals surface area contributed by atoms with E-state index < -0.39 is 0 Å². The number of rotatable bonds is 8. The fraction of sp³-hybridized carbons (Fsp3) is 1.00. The molecule has 3 heteroatoms. The molecule has 0 aromatic carbocycles. The maximum Gasteiger partial charge on any atom is 0.0637 e. The Bertz CT molecular complexity index is 200. The predicted molar refractivity (Wildman–Crippen MR) is 73.5 cm³/mol. The van der Waals surface area contributed by atoms with E-state index in [2.05, 4.69) is 38.2 Å². The topological polar surface area (TPSA) is 24.5 Å². The molecule has 0 saturated heterocycles. The summed E-state index contributed by atoms with van der Waals surface area (Å²) in [7, 11) is 4.44. The third-order valence-electron chi connectivity index (χ3n) is 4.09. The van der Waals surface area contributed by atoms with Gasteiger partial charge in [-0.2, -0.15) is 0 Å². The van der Waals surface area contributed by atoms with Gasteiger partial charge in [0.15, 0.2) is 0 Å². The Morgan fingerprint density at radius 2 is 1.88 bits per heavy atom. The molecule has 1 rings (SSSR count). The zero-order chi connectivity index (χ0) is 12.7. The molecule has 1 atom stereocenters. The van der Waals surface area contributed by atoms with Crippen molar-refractivity contribution in [3.05, 3.63) is 0 Å². The van der Waals surface area contributed by atoms with Gasteiger partial charge in [0.25, 0.3) is 0 Å². The van der Waals surface area contributed by atoms with Gasteiger partial charge >= 0.3 is 0 Å². The summed E-state index contributed by atoms with van der Waals surface area (Å²) in [6, 6.07) is 0.469. The van der Waals surface area contributed by atoms with Gasteiger partial charge in [0.2, 0.25) is 0 Å². The highest BCUT2D eigenvalue weighted by atomic mass is 16.5.